The third-order valence-electron chi connectivity index (χ3n) is 5.44. The van der Waals surface area contributed by atoms with E-state index in [0.717, 1.165) is 43.9 Å². The molecular weight excluding hydrogens is 322 g/mol. The van der Waals surface area contributed by atoms with Crippen LogP contribution in [0.5, 0.6) is 0 Å². The maximum Gasteiger partial charge on any atom is 0.249 e. The first-order valence-electron chi connectivity index (χ1n) is 9.79. The van der Waals surface area contributed by atoms with Crippen molar-refractivity contribution in [2.24, 2.45) is 0 Å². The average Bonchev–Trinajstić information content (AvgIpc) is 2.71. The number of carbonyl (C=O) groups is 1. The van der Waals surface area contributed by atoms with Gasteiger partial charge in [-0.1, -0.05) is 18.2 Å². The van der Waals surface area contributed by atoms with E-state index >= 15 is 0 Å². The molecule has 2 aliphatic heterocycles. The van der Waals surface area contributed by atoms with Crippen molar-refractivity contribution in [1.82, 2.24) is 0 Å². The number of amides is 1. The third-order valence-corrected chi connectivity index (χ3v) is 5.44. The van der Waals surface area contributed by atoms with E-state index in [0.29, 0.717) is 0 Å². The fourth-order valence-corrected chi connectivity index (χ4v) is 4.00. The monoisotopic (exact) mass is 349 g/mol. The van der Waals surface area contributed by atoms with E-state index in [-0.39, 0.29) is 11.9 Å². The molecule has 1 N–H and O–H groups in total. The lowest BCUT2D eigenvalue weighted by molar-refractivity contribution is -0.120. The fraction of sp³-hybridized carbons (Fsp3) is 0.409. The Bertz CT molecular complexity index is 723. The highest BCUT2D eigenvalue weighted by Gasteiger charge is 2.29. The van der Waals surface area contributed by atoms with Crippen molar-refractivity contribution in [3.05, 3.63) is 54.6 Å². The number of anilines is 3. The molecule has 2 saturated heterocycles. The smallest absolute Gasteiger partial charge is 0.249 e. The molecule has 2 fully saturated rings. The lowest BCUT2D eigenvalue weighted by Gasteiger charge is -2.33. The molecule has 2 heterocycles. The highest BCUT2D eigenvalue weighted by molar-refractivity contribution is 5.99. The first kappa shape index (κ1) is 17.0. The molecule has 136 valence electrons. The van der Waals surface area contributed by atoms with E-state index in [2.05, 4.69) is 34.5 Å². The van der Waals surface area contributed by atoms with Crippen molar-refractivity contribution in [1.29, 1.82) is 0 Å². The lowest BCUT2D eigenvalue weighted by Crippen LogP contribution is -2.47. The number of nitrogens with zero attached hydrogens (tertiary/aromatic N) is 2. The van der Waals surface area contributed by atoms with Crippen molar-refractivity contribution in [3.8, 4) is 0 Å². The zero-order valence-electron chi connectivity index (χ0n) is 15.2. The molecule has 0 aromatic heterocycles. The molecule has 0 spiro atoms. The molecule has 4 rings (SSSR count). The van der Waals surface area contributed by atoms with E-state index in [9.17, 15) is 4.79 Å². The second-order valence-electron chi connectivity index (χ2n) is 7.26. The Hall–Kier alpha value is -2.49. The summed E-state index contributed by atoms with van der Waals surface area (Å²) in [6, 6.07) is 18.4. The molecule has 1 amide bonds. The van der Waals surface area contributed by atoms with E-state index in [1.165, 1.54) is 24.9 Å². The fourth-order valence-electron chi connectivity index (χ4n) is 4.00. The average molecular weight is 349 g/mol. The lowest BCUT2D eigenvalue weighted by atomic mass is 10.0. The predicted molar refractivity (Wildman–Crippen MR) is 108 cm³/mol. The first-order chi connectivity index (χ1) is 12.8. The van der Waals surface area contributed by atoms with Crippen LogP contribution in [0.25, 0.3) is 0 Å². The minimum absolute atomic E-state index is 0.148. The summed E-state index contributed by atoms with van der Waals surface area (Å²) in [5, 5.41) is 3.45. The van der Waals surface area contributed by atoms with Gasteiger partial charge in [0.1, 0.15) is 6.04 Å². The van der Waals surface area contributed by atoms with Gasteiger partial charge in [-0.25, -0.2) is 0 Å². The summed E-state index contributed by atoms with van der Waals surface area (Å²) in [6.45, 7) is 3.11. The Kier molecular flexibility index (Phi) is 5.09. The number of nitrogens with one attached hydrogen (secondary N) is 1. The summed E-state index contributed by atoms with van der Waals surface area (Å²) < 4.78 is 0. The summed E-state index contributed by atoms with van der Waals surface area (Å²) in [5.41, 5.74) is 3.31. The highest BCUT2D eigenvalue weighted by atomic mass is 16.2. The molecule has 2 aromatic carbocycles. The largest absolute Gasteiger partial charge is 0.374 e. The topological polar surface area (TPSA) is 35.6 Å². The van der Waals surface area contributed by atoms with Gasteiger partial charge in [-0.05, 0) is 68.5 Å². The van der Waals surface area contributed by atoms with Crippen LogP contribution in [-0.4, -0.2) is 31.6 Å². The van der Waals surface area contributed by atoms with E-state index in [1.807, 2.05) is 35.2 Å². The number of carbonyl (C=O) groups excluding carboxylic acids is 1. The Morgan fingerprint density at radius 3 is 2.23 bits per heavy atom. The summed E-state index contributed by atoms with van der Waals surface area (Å²) >= 11 is 0. The van der Waals surface area contributed by atoms with Crippen LogP contribution >= 0.6 is 0 Å². The van der Waals surface area contributed by atoms with Gasteiger partial charge in [-0.2, -0.15) is 0 Å². The van der Waals surface area contributed by atoms with Crippen LogP contribution in [-0.2, 0) is 4.79 Å². The number of para-hydroxylation sites is 1. The molecule has 4 heteroatoms. The SMILES string of the molecule is O=C1C(Nc2ccc(N3CCCCC3)cc2)CCCN1c1ccccc1. The minimum atomic E-state index is -0.148. The molecule has 0 saturated carbocycles. The number of piperidine rings is 2. The van der Waals surface area contributed by atoms with Crippen LogP contribution in [0.2, 0.25) is 0 Å². The normalized spacial score (nSPS) is 20.9. The summed E-state index contributed by atoms with van der Waals surface area (Å²) in [6.07, 6.45) is 5.82. The number of hydrogen-bond acceptors (Lipinski definition) is 3. The van der Waals surface area contributed by atoms with Crippen LogP contribution in [0.15, 0.2) is 54.6 Å². The van der Waals surface area contributed by atoms with Crippen LogP contribution in [0.1, 0.15) is 32.1 Å². The standard InChI is InChI=1S/C22H27N3O/c26-22-21(10-7-17-25(22)20-8-3-1-4-9-20)23-18-11-13-19(14-12-18)24-15-5-2-6-16-24/h1,3-4,8-9,11-14,21,23H,2,5-7,10,15-17H2. The van der Waals surface area contributed by atoms with Gasteiger partial charge in [0.15, 0.2) is 0 Å². The Morgan fingerprint density at radius 2 is 1.50 bits per heavy atom. The molecule has 0 aliphatic carbocycles. The van der Waals surface area contributed by atoms with Crippen LogP contribution in [0.3, 0.4) is 0 Å². The second-order valence-corrected chi connectivity index (χ2v) is 7.26. The predicted octanol–water partition coefficient (Wildman–Crippen LogP) is 4.28. The van der Waals surface area contributed by atoms with E-state index in [4.69, 9.17) is 0 Å². The molecular formula is C22H27N3O. The van der Waals surface area contributed by atoms with Crippen LogP contribution in [0, 0.1) is 0 Å². The molecule has 1 atom stereocenters. The van der Waals surface area contributed by atoms with Gasteiger partial charge in [0.05, 0.1) is 0 Å². The van der Waals surface area contributed by atoms with Crippen molar-refractivity contribution >= 4 is 23.0 Å². The zero-order valence-corrected chi connectivity index (χ0v) is 15.2. The summed E-state index contributed by atoms with van der Waals surface area (Å²) in [5.74, 6) is 0.169. The van der Waals surface area contributed by atoms with Crippen LogP contribution < -0.4 is 15.1 Å². The van der Waals surface area contributed by atoms with Gasteiger partial charge < -0.3 is 15.1 Å². The number of hydrogen-bond donors (Lipinski definition) is 1. The van der Waals surface area contributed by atoms with Gasteiger partial charge in [0.2, 0.25) is 5.91 Å². The van der Waals surface area contributed by atoms with Gasteiger partial charge in [0, 0.05) is 36.7 Å². The number of benzene rings is 2. The Morgan fingerprint density at radius 1 is 0.769 bits per heavy atom. The molecule has 0 bridgehead atoms. The zero-order chi connectivity index (χ0) is 17.8. The quantitative estimate of drug-likeness (QED) is 0.895. The molecule has 26 heavy (non-hydrogen) atoms. The maximum absolute atomic E-state index is 12.9. The van der Waals surface area contributed by atoms with Gasteiger partial charge >= 0.3 is 0 Å². The molecule has 2 aromatic rings. The number of rotatable bonds is 4. The van der Waals surface area contributed by atoms with Crippen molar-refractivity contribution in [2.45, 2.75) is 38.1 Å². The molecule has 0 radical (unpaired) electrons. The second kappa shape index (κ2) is 7.81. The van der Waals surface area contributed by atoms with Crippen molar-refractivity contribution in [2.75, 3.05) is 34.8 Å². The highest BCUT2D eigenvalue weighted by Crippen LogP contribution is 2.25. The summed E-state index contributed by atoms with van der Waals surface area (Å²) in [4.78, 5) is 17.3. The van der Waals surface area contributed by atoms with Gasteiger partial charge in [-0.15, -0.1) is 0 Å². The van der Waals surface area contributed by atoms with Crippen molar-refractivity contribution < 1.29 is 4.79 Å². The first-order valence-corrected chi connectivity index (χ1v) is 9.79. The third kappa shape index (κ3) is 3.69. The summed E-state index contributed by atoms with van der Waals surface area (Å²) in [7, 11) is 0. The van der Waals surface area contributed by atoms with Gasteiger partial charge in [0.25, 0.3) is 0 Å². The minimum Gasteiger partial charge on any atom is -0.374 e. The molecule has 1 unspecified atom stereocenters. The van der Waals surface area contributed by atoms with Crippen molar-refractivity contribution in [3.63, 3.8) is 0 Å². The van der Waals surface area contributed by atoms with Crippen LogP contribution in [0.4, 0.5) is 17.1 Å². The maximum atomic E-state index is 12.9. The van der Waals surface area contributed by atoms with E-state index in [1.54, 1.807) is 0 Å². The Labute approximate surface area is 155 Å². The molecule has 4 nitrogen and oxygen atoms in total. The van der Waals surface area contributed by atoms with Gasteiger partial charge in [-0.3, -0.25) is 4.79 Å². The Balaban J connectivity index is 1.42. The molecule has 2 aliphatic rings. The van der Waals surface area contributed by atoms with E-state index < -0.39 is 0 Å².